The number of nitrogens with one attached hydrogen (secondary N) is 2. The molecule has 0 spiro atoms. The number of aryl methyl sites for hydroxylation is 1. The van der Waals surface area contributed by atoms with Crippen LogP contribution in [0.2, 0.25) is 0 Å². The van der Waals surface area contributed by atoms with Crippen molar-refractivity contribution in [3.63, 3.8) is 0 Å². The SMILES string of the molecule is CCC(NC(=O)c1n[nH]c(Br)c1Br)c1ccc(C)cc1. The molecular weight excluding hydrogens is 386 g/mol. The van der Waals surface area contributed by atoms with Gasteiger partial charge in [0.05, 0.1) is 10.5 Å². The fraction of sp³-hybridized carbons (Fsp3) is 0.286. The summed E-state index contributed by atoms with van der Waals surface area (Å²) in [6, 6.07) is 8.15. The number of halogens is 2. The van der Waals surface area contributed by atoms with Gasteiger partial charge in [0.15, 0.2) is 5.69 Å². The van der Waals surface area contributed by atoms with Gasteiger partial charge in [-0.05, 0) is 50.8 Å². The second-order valence-electron chi connectivity index (χ2n) is 4.55. The second-order valence-corrected chi connectivity index (χ2v) is 6.13. The monoisotopic (exact) mass is 399 g/mol. The molecule has 1 aromatic heterocycles. The minimum atomic E-state index is -0.203. The molecule has 1 amide bonds. The van der Waals surface area contributed by atoms with Gasteiger partial charge >= 0.3 is 0 Å². The van der Waals surface area contributed by atoms with E-state index >= 15 is 0 Å². The first kappa shape index (κ1) is 15.3. The van der Waals surface area contributed by atoms with Gasteiger partial charge in [0.2, 0.25) is 0 Å². The van der Waals surface area contributed by atoms with Crippen molar-refractivity contribution < 1.29 is 4.79 Å². The van der Waals surface area contributed by atoms with Gasteiger partial charge < -0.3 is 5.32 Å². The van der Waals surface area contributed by atoms with Crippen molar-refractivity contribution in [2.75, 3.05) is 0 Å². The molecule has 0 bridgehead atoms. The molecule has 6 heteroatoms. The van der Waals surface area contributed by atoms with Crippen LogP contribution in [0.5, 0.6) is 0 Å². The first-order valence-electron chi connectivity index (χ1n) is 6.29. The minimum Gasteiger partial charge on any atom is -0.344 e. The highest BCUT2D eigenvalue weighted by Gasteiger charge is 2.20. The van der Waals surface area contributed by atoms with Gasteiger partial charge in [-0.3, -0.25) is 9.89 Å². The lowest BCUT2D eigenvalue weighted by atomic mass is 10.0. The number of carbonyl (C=O) groups excluding carboxylic acids is 1. The van der Waals surface area contributed by atoms with Crippen LogP contribution in [0.1, 0.15) is 41.0 Å². The lowest BCUT2D eigenvalue weighted by molar-refractivity contribution is 0.0929. The Morgan fingerprint density at radius 3 is 2.50 bits per heavy atom. The highest BCUT2D eigenvalue weighted by atomic mass is 79.9. The van der Waals surface area contributed by atoms with E-state index in [4.69, 9.17) is 0 Å². The molecule has 2 rings (SSSR count). The fourth-order valence-electron chi connectivity index (χ4n) is 1.90. The second kappa shape index (κ2) is 6.54. The Labute approximate surface area is 134 Å². The van der Waals surface area contributed by atoms with Crippen LogP contribution in [0.4, 0.5) is 0 Å². The molecule has 1 heterocycles. The number of hydrogen-bond donors (Lipinski definition) is 2. The van der Waals surface area contributed by atoms with Crippen molar-refractivity contribution in [3.8, 4) is 0 Å². The highest BCUT2D eigenvalue weighted by molar-refractivity contribution is 9.13. The van der Waals surface area contributed by atoms with E-state index < -0.39 is 0 Å². The number of aromatic nitrogens is 2. The first-order valence-corrected chi connectivity index (χ1v) is 7.88. The lowest BCUT2D eigenvalue weighted by Gasteiger charge is -2.17. The van der Waals surface area contributed by atoms with Crippen molar-refractivity contribution in [1.82, 2.24) is 15.5 Å². The molecule has 2 aromatic rings. The Bertz CT molecular complexity index is 607. The number of benzene rings is 1. The summed E-state index contributed by atoms with van der Waals surface area (Å²) in [4.78, 5) is 12.2. The van der Waals surface area contributed by atoms with E-state index in [9.17, 15) is 4.79 Å². The summed E-state index contributed by atoms with van der Waals surface area (Å²) < 4.78 is 1.29. The van der Waals surface area contributed by atoms with Crippen LogP contribution in [-0.4, -0.2) is 16.1 Å². The Hall–Kier alpha value is -1.14. The molecule has 0 aliphatic rings. The van der Waals surface area contributed by atoms with Crippen molar-refractivity contribution in [2.24, 2.45) is 0 Å². The van der Waals surface area contributed by atoms with Crippen LogP contribution in [0, 0.1) is 6.92 Å². The van der Waals surface area contributed by atoms with E-state index in [0.717, 1.165) is 12.0 Å². The molecule has 0 saturated heterocycles. The molecule has 0 aliphatic heterocycles. The molecule has 1 atom stereocenters. The number of aromatic amines is 1. The molecule has 4 nitrogen and oxygen atoms in total. The molecule has 0 fully saturated rings. The molecule has 0 radical (unpaired) electrons. The summed E-state index contributed by atoms with van der Waals surface area (Å²) in [7, 11) is 0. The minimum absolute atomic E-state index is 0.0227. The van der Waals surface area contributed by atoms with E-state index in [-0.39, 0.29) is 11.9 Å². The molecule has 0 aliphatic carbocycles. The van der Waals surface area contributed by atoms with Gasteiger partial charge in [-0.15, -0.1) is 0 Å². The first-order chi connectivity index (χ1) is 9.52. The maximum Gasteiger partial charge on any atom is 0.273 e. The van der Waals surface area contributed by atoms with E-state index in [0.29, 0.717) is 14.8 Å². The number of nitrogens with zero attached hydrogens (tertiary/aromatic N) is 1. The van der Waals surface area contributed by atoms with E-state index in [1.165, 1.54) is 5.56 Å². The average Bonchev–Trinajstić information content (AvgIpc) is 2.77. The quantitative estimate of drug-likeness (QED) is 0.810. The average molecular weight is 401 g/mol. The molecule has 1 unspecified atom stereocenters. The van der Waals surface area contributed by atoms with Gasteiger partial charge in [0.25, 0.3) is 5.91 Å². The summed E-state index contributed by atoms with van der Waals surface area (Å²) in [5.74, 6) is -0.203. The zero-order chi connectivity index (χ0) is 14.7. The normalized spacial score (nSPS) is 12.2. The van der Waals surface area contributed by atoms with E-state index in [2.05, 4.69) is 47.4 Å². The maximum atomic E-state index is 12.2. The van der Waals surface area contributed by atoms with Crippen LogP contribution >= 0.6 is 31.9 Å². The number of rotatable bonds is 4. The largest absolute Gasteiger partial charge is 0.344 e. The molecular formula is C14H15Br2N3O. The molecule has 1 aromatic carbocycles. The predicted molar refractivity (Wildman–Crippen MR) is 85.7 cm³/mol. The molecule has 2 N–H and O–H groups in total. The van der Waals surface area contributed by atoms with Gasteiger partial charge in [-0.2, -0.15) is 5.10 Å². The van der Waals surface area contributed by atoms with Gasteiger partial charge in [0.1, 0.15) is 4.60 Å². The zero-order valence-electron chi connectivity index (χ0n) is 11.2. The zero-order valence-corrected chi connectivity index (χ0v) is 14.4. The summed E-state index contributed by atoms with van der Waals surface area (Å²) in [5, 5.41) is 9.70. The number of amides is 1. The summed E-state index contributed by atoms with van der Waals surface area (Å²) in [6.07, 6.45) is 0.817. The Balaban J connectivity index is 2.16. The van der Waals surface area contributed by atoms with Crippen molar-refractivity contribution in [3.05, 3.63) is 50.2 Å². The van der Waals surface area contributed by atoms with Crippen LogP contribution in [0.3, 0.4) is 0 Å². The van der Waals surface area contributed by atoms with Crippen molar-refractivity contribution >= 4 is 37.8 Å². The third-order valence-electron chi connectivity index (χ3n) is 3.07. The van der Waals surface area contributed by atoms with Gasteiger partial charge in [-0.1, -0.05) is 36.8 Å². The van der Waals surface area contributed by atoms with E-state index in [1.54, 1.807) is 0 Å². The molecule has 20 heavy (non-hydrogen) atoms. The summed E-state index contributed by atoms with van der Waals surface area (Å²) in [5.41, 5.74) is 2.65. The highest BCUT2D eigenvalue weighted by Crippen LogP contribution is 2.25. The van der Waals surface area contributed by atoms with E-state index in [1.807, 2.05) is 38.1 Å². The Morgan fingerprint density at radius 2 is 2.00 bits per heavy atom. The number of hydrogen-bond acceptors (Lipinski definition) is 2. The van der Waals surface area contributed by atoms with Gasteiger partial charge in [-0.25, -0.2) is 0 Å². The lowest BCUT2D eigenvalue weighted by Crippen LogP contribution is -2.28. The molecule has 0 saturated carbocycles. The third kappa shape index (κ3) is 3.30. The Morgan fingerprint density at radius 1 is 1.35 bits per heavy atom. The van der Waals surface area contributed by atoms with Crippen molar-refractivity contribution in [1.29, 1.82) is 0 Å². The van der Waals surface area contributed by atoms with Gasteiger partial charge in [0, 0.05) is 0 Å². The van der Waals surface area contributed by atoms with Crippen molar-refractivity contribution in [2.45, 2.75) is 26.3 Å². The Kier molecular flexibility index (Phi) is 4.99. The third-order valence-corrected chi connectivity index (χ3v) is 4.95. The molecule has 106 valence electrons. The summed E-state index contributed by atoms with van der Waals surface area (Å²) >= 11 is 6.60. The van der Waals surface area contributed by atoms with Crippen LogP contribution in [0.15, 0.2) is 33.3 Å². The van der Waals surface area contributed by atoms with Crippen LogP contribution in [0.25, 0.3) is 0 Å². The fourth-order valence-corrected chi connectivity index (χ4v) is 2.54. The topological polar surface area (TPSA) is 57.8 Å². The summed E-state index contributed by atoms with van der Waals surface area (Å²) in [6.45, 7) is 4.09. The smallest absolute Gasteiger partial charge is 0.273 e. The number of carbonyl (C=O) groups is 1. The predicted octanol–water partition coefficient (Wildman–Crippen LogP) is 4.12. The van der Waals surface area contributed by atoms with Crippen LogP contribution in [-0.2, 0) is 0 Å². The number of H-pyrrole nitrogens is 1. The van der Waals surface area contributed by atoms with Crippen LogP contribution < -0.4 is 5.32 Å². The standard InChI is InChI=1S/C14H15Br2N3O/c1-3-10(9-6-4-8(2)5-7-9)17-14(20)12-11(15)13(16)19-18-12/h4-7,10H,3H2,1-2H3,(H,17,20)(H,18,19). The maximum absolute atomic E-state index is 12.2.